The summed E-state index contributed by atoms with van der Waals surface area (Å²) in [6.07, 6.45) is 0. The van der Waals surface area contributed by atoms with Crippen molar-refractivity contribution in [3.8, 4) is 0 Å². The Hall–Kier alpha value is -3.78. The van der Waals surface area contributed by atoms with E-state index in [0.29, 0.717) is 0 Å². The smallest absolute Gasteiger partial charge is 0.258 e. The molecule has 15 heteroatoms. The molecule has 0 unspecified atom stereocenters. The van der Waals surface area contributed by atoms with Crippen molar-refractivity contribution in [1.82, 2.24) is 15.4 Å². The van der Waals surface area contributed by atoms with Crippen LogP contribution in [-0.4, -0.2) is 35.1 Å². The van der Waals surface area contributed by atoms with E-state index in [4.69, 9.17) is 0 Å². The van der Waals surface area contributed by atoms with E-state index in [9.17, 15) is 40.5 Å². The van der Waals surface area contributed by atoms with E-state index in [1.54, 1.807) is 5.21 Å². The van der Waals surface area contributed by atoms with Crippen LogP contribution in [0.4, 0.5) is 22.7 Å². The number of hydrogen-bond acceptors (Lipinski definition) is 10. The molecule has 0 atom stereocenters. The number of nitro benzene ring substituents is 4. The van der Waals surface area contributed by atoms with Crippen molar-refractivity contribution in [2.24, 2.45) is 0 Å². The second-order valence-electron chi connectivity index (χ2n) is 3.44. The first-order valence-corrected chi connectivity index (χ1v) is 4.75. The zero-order chi connectivity index (χ0) is 15.9. The molecule has 0 aliphatic rings. The summed E-state index contributed by atoms with van der Waals surface area (Å²) in [6, 6.07) is 0. The van der Waals surface area contributed by atoms with Crippen LogP contribution in [0.5, 0.6) is 0 Å². The van der Waals surface area contributed by atoms with Gasteiger partial charge in [0.15, 0.2) is 0 Å². The lowest BCUT2D eigenvalue weighted by Gasteiger charge is -1.98. The maximum absolute atomic E-state index is 10.9. The Kier molecular flexibility index (Phi) is 2.86. The molecule has 1 aromatic heterocycles. The van der Waals surface area contributed by atoms with E-state index in [0.717, 1.165) is 0 Å². The molecule has 108 valence electrons. The SMILES string of the molecule is O=[N+]([O-])c1c([N+](=O)[O-])c([N+](=O)[O-])c2n[nH]nc2c1[N+](=O)[O-]. The molecule has 0 bridgehead atoms. The fraction of sp³-hybridized carbons (Fsp3) is 0. The fourth-order valence-corrected chi connectivity index (χ4v) is 1.70. The summed E-state index contributed by atoms with van der Waals surface area (Å²) < 4.78 is 0. The van der Waals surface area contributed by atoms with Crippen LogP contribution in [0.25, 0.3) is 11.0 Å². The average molecular weight is 299 g/mol. The molecule has 0 aliphatic carbocycles. The third kappa shape index (κ3) is 1.84. The third-order valence-corrected chi connectivity index (χ3v) is 2.40. The minimum atomic E-state index is -1.63. The van der Waals surface area contributed by atoms with Crippen molar-refractivity contribution in [1.29, 1.82) is 0 Å². The third-order valence-electron chi connectivity index (χ3n) is 2.40. The van der Waals surface area contributed by atoms with Crippen molar-refractivity contribution in [2.75, 3.05) is 0 Å². The molecule has 1 heterocycles. The van der Waals surface area contributed by atoms with Crippen molar-refractivity contribution in [3.63, 3.8) is 0 Å². The zero-order valence-corrected chi connectivity index (χ0v) is 9.45. The highest BCUT2D eigenvalue weighted by Crippen LogP contribution is 2.47. The highest BCUT2D eigenvalue weighted by atomic mass is 16.7. The number of fused-ring (bicyclic) bond motifs is 1. The summed E-state index contributed by atoms with van der Waals surface area (Å²) in [7, 11) is 0. The van der Waals surface area contributed by atoms with Crippen LogP contribution in [0, 0.1) is 40.5 Å². The summed E-state index contributed by atoms with van der Waals surface area (Å²) in [5, 5.41) is 51.9. The molecular weight excluding hydrogens is 298 g/mol. The number of aromatic nitrogens is 3. The molecule has 1 N–H and O–H groups in total. The number of benzene rings is 1. The summed E-state index contributed by atoms with van der Waals surface area (Å²) in [6.45, 7) is 0. The normalized spacial score (nSPS) is 10.5. The average Bonchev–Trinajstić information content (AvgIpc) is 2.82. The lowest BCUT2D eigenvalue weighted by Crippen LogP contribution is -2.06. The number of H-pyrrole nitrogens is 1. The van der Waals surface area contributed by atoms with Crippen LogP contribution >= 0.6 is 0 Å². The first-order chi connectivity index (χ1) is 9.77. The fourth-order valence-electron chi connectivity index (χ4n) is 1.70. The van der Waals surface area contributed by atoms with Gasteiger partial charge in [0, 0.05) is 0 Å². The standard InChI is InChI=1S/C6HN7O8/c14-10(15)3-1-2(8-9-7-1)4(11(16)17)6(13(20)21)5(3)12(18)19/h(H,7,8,9). The first-order valence-electron chi connectivity index (χ1n) is 4.75. The van der Waals surface area contributed by atoms with E-state index in [-0.39, 0.29) is 0 Å². The van der Waals surface area contributed by atoms with Crippen molar-refractivity contribution >= 4 is 33.8 Å². The van der Waals surface area contributed by atoms with E-state index in [1.807, 2.05) is 0 Å². The monoisotopic (exact) mass is 299 g/mol. The first kappa shape index (κ1) is 13.6. The Morgan fingerprint density at radius 3 is 1.14 bits per heavy atom. The van der Waals surface area contributed by atoms with Gasteiger partial charge >= 0.3 is 22.7 Å². The molecule has 0 spiro atoms. The summed E-state index contributed by atoms with van der Waals surface area (Å²) >= 11 is 0. The van der Waals surface area contributed by atoms with E-state index >= 15 is 0 Å². The van der Waals surface area contributed by atoms with E-state index < -0.39 is 53.5 Å². The second kappa shape index (κ2) is 4.40. The molecule has 0 fully saturated rings. The highest BCUT2D eigenvalue weighted by Gasteiger charge is 2.49. The number of nitrogens with one attached hydrogen (secondary N) is 1. The molecule has 2 rings (SSSR count). The lowest BCUT2D eigenvalue weighted by molar-refractivity contribution is -0.450. The van der Waals surface area contributed by atoms with Gasteiger partial charge in [0.2, 0.25) is 11.0 Å². The number of hydrogen-bond donors (Lipinski definition) is 1. The molecule has 0 radical (unpaired) electrons. The van der Waals surface area contributed by atoms with Crippen LogP contribution in [0.15, 0.2) is 0 Å². The van der Waals surface area contributed by atoms with Gasteiger partial charge in [0.05, 0.1) is 19.7 Å². The van der Waals surface area contributed by atoms with Gasteiger partial charge in [0.1, 0.15) is 0 Å². The summed E-state index contributed by atoms with van der Waals surface area (Å²) in [4.78, 5) is 38.2. The van der Waals surface area contributed by atoms with Gasteiger partial charge in [-0.2, -0.15) is 5.21 Å². The number of nitrogens with zero attached hydrogens (tertiary/aromatic N) is 6. The van der Waals surface area contributed by atoms with Gasteiger partial charge in [-0.15, -0.1) is 10.2 Å². The molecule has 2 aromatic rings. The van der Waals surface area contributed by atoms with Crippen LogP contribution in [0.3, 0.4) is 0 Å². The Labute approximate surface area is 110 Å². The number of nitro groups is 4. The maximum Gasteiger partial charge on any atom is 0.432 e. The number of rotatable bonds is 4. The zero-order valence-electron chi connectivity index (χ0n) is 9.45. The molecule has 0 amide bonds. The molecule has 1 aromatic carbocycles. The van der Waals surface area contributed by atoms with Gasteiger partial charge < -0.3 is 0 Å². The maximum atomic E-state index is 10.9. The summed E-state index contributed by atoms with van der Waals surface area (Å²) in [5.74, 6) is 0. The Morgan fingerprint density at radius 2 is 0.905 bits per heavy atom. The van der Waals surface area contributed by atoms with Gasteiger partial charge in [-0.05, 0) is 0 Å². The lowest BCUT2D eigenvalue weighted by atomic mass is 10.1. The molecular formula is C6HN7O8. The van der Waals surface area contributed by atoms with E-state index in [2.05, 4.69) is 10.2 Å². The largest absolute Gasteiger partial charge is 0.432 e. The summed E-state index contributed by atoms with van der Waals surface area (Å²) in [5.41, 5.74) is -7.58. The van der Waals surface area contributed by atoms with Crippen LogP contribution < -0.4 is 0 Å². The Morgan fingerprint density at radius 1 is 0.619 bits per heavy atom. The minimum absolute atomic E-state index is 0.816. The van der Waals surface area contributed by atoms with Gasteiger partial charge in [-0.1, -0.05) is 0 Å². The van der Waals surface area contributed by atoms with Crippen LogP contribution in [0.1, 0.15) is 0 Å². The van der Waals surface area contributed by atoms with Crippen LogP contribution in [-0.2, 0) is 0 Å². The molecule has 21 heavy (non-hydrogen) atoms. The Balaban J connectivity index is 3.20. The highest BCUT2D eigenvalue weighted by molar-refractivity contribution is 6.01. The quantitative estimate of drug-likeness (QED) is 0.611. The number of aromatic amines is 1. The van der Waals surface area contributed by atoms with Crippen molar-refractivity contribution in [2.45, 2.75) is 0 Å². The van der Waals surface area contributed by atoms with Crippen molar-refractivity contribution < 1.29 is 19.7 Å². The van der Waals surface area contributed by atoms with Gasteiger partial charge in [-0.3, -0.25) is 40.5 Å². The van der Waals surface area contributed by atoms with Gasteiger partial charge in [-0.25, -0.2) is 0 Å². The molecule has 15 nitrogen and oxygen atoms in total. The van der Waals surface area contributed by atoms with Crippen molar-refractivity contribution in [3.05, 3.63) is 40.5 Å². The van der Waals surface area contributed by atoms with E-state index in [1.165, 1.54) is 0 Å². The predicted molar refractivity (Wildman–Crippen MR) is 60.5 cm³/mol. The minimum Gasteiger partial charge on any atom is -0.258 e. The molecule has 0 saturated heterocycles. The predicted octanol–water partition coefficient (Wildman–Crippen LogP) is 0.591. The second-order valence-corrected chi connectivity index (χ2v) is 3.44. The molecule has 0 saturated carbocycles. The van der Waals surface area contributed by atoms with Crippen LogP contribution in [0.2, 0.25) is 0 Å². The Bertz CT molecular complexity index is 758. The van der Waals surface area contributed by atoms with Gasteiger partial charge in [0.25, 0.3) is 0 Å². The topological polar surface area (TPSA) is 214 Å². The molecule has 0 aliphatic heterocycles.